The third-order valence-electron chi connectivity index (χ3n) is 6.16. The second-order valence-corrected chi connectivity index (χ2v) is 11.6. The highest BCUT2D eigenvalue weighted by Crippen LogP contribution is 2.40. The largest absolute Gasteiger partial charge is 0.468 e. The summed E-state index contributed by atoms with van der Waals surface area (Å²) in [6.45, 7) is 0.269. The van der Waals surface area contributed by atoms with Crippen LogP contribution in [0.25, 0.3) is 0 Å². The fraction of sp³-hybridized carbons (Fsp3) is 0.391. The number of hydrogen-bond acceptors (Lipinski definition) is 10. The van der Waals surface area contributed by atoms with Gasteiger partial charge in [-0.15, -0.1) is 11.3 Å². The van der Waals surface area contributed by atoms with Crippen LogP contribution in [-0.4, -0.2) is 68.5 Å². The van der Waals surface area contributed by atoms with Gasteiger partial charge in [-0.3, -0.25) is 9.79 Å². The molecule has 0 aliphatic carbocycles. The Balaban J connectivity index is 1.72. The molecule has 1 aromatic carbocycles. The molecule has 198 valence electrons. The van der Waals surface area contributed by atoms with E-state index in [1.165, 1.54) is 34.9 Å². The van der Waals surface area contributed by atoms with E-state index in [9.17, 15) is 22.4 Å². The Labute approximate surface area is 222 Å². The van der Waals surface area contributed by atoms with E-state index in [0.717, 1.165) is 13.2 Å². The quantitative estimate of drug-likeness (QED) is 0.503. The summed E-state index contributed by atoms with van der Waals surface area (Å²) in [7, 11) is -1.47. The Morgan fingerprint density at radius 1 is 1.24 bits per heavy atom. The highest BCUT2D eigenvalue weighted by Gasteiger charge is 2.39. The lowest BCUT2D eigenvalue weighted by Gasteiger charge is -2.36. The number of halogens is 2. The number of piperidine rings is 1. The number of aromatic nitrogens is 1. The monoisotopic (exact) mass is 570 g/mol. The number of aliphatic imine (C=N–C) groups is 1. The number of esters is 2. The van der Waals surface area contributed by atoms with Crippen molar-refractivity contribution in [1.29, 1.82) is 0 Å². The molecule has 2 aromatic rings. The molecule has 4 rings (SSSR count). The molecule has 0 amide bonds. The average Bonchev–Trinajstić information content (AvgIpc) is 3.42. The first-order valence-electron chi connectivity index (χ1n) is 11.2. The van der Waals surface area contributed by atoms with Crippen LogP contribution >= 0.6 is 22.9 Å². The number of methoxy groups -OCH3 is 2. The maximum absolute atomic E-state index is 13.8. The number of benzene rings is 1. The Morgan fingerprint density at radius 2 is 1.97 bits per heavy atom. The van der Waals surface area contributed by atoms with Crippen LogP contribution in [0, 0.1) is 11.7 Å². The minimum atomic E-state index is -3.85. The van der Waals surface area contributed by atoms with E-state index in [4.69, 9.17) is 21.3 Å². The molecule has 0 bridgehead atoms. The van der Waals surface area contributed by atoms with E-state index in [1.54, 1.807) is 11.6 Å². The second-order valence-electron chi connectivity index (χ2n) is 8.33. The summed E-state index contributed by atoms with van der Waals surface area (Å²) >= 11 is 7.72. The van der Waals surface area contributed by atoms with Crippen molar-refractivity contribution in [3.63, 3.8) is 0 Å². The van der Waals surface area contributed by atoms with E-state index in [-0.39, 0.29) is 29.6 Å². The fourth-order valence-electron chi connectivity index (χ4n) is 4.34. The molecule has 0 spiro atoms. The lowest BCUT2D eigenvalue weighted by atomic mass is 9.86. The molecule has 37 heavy (non-hydrogen) atoms. The van der Waals surface area contributed by atoms with Crippen LogP contribution in [-0.2, 0) is 29.1 Å². The zero-order valence-electron chi connectivity index (χ0n) is 19.9. The predicted molar refractivity (Wildman–Crippen MR) is 135 cm³/mol. The number of carbonyl (C=O) groups excluding carboxylic acids is 2. The number of ether oxygens (including phenoxy) is 2. The van der Waals surface area contributed by atoms with Crippen molar-refractivity contribution in [2.75, 3.05) is 33.1 Å². The van der Waals surface area contributed by atoms with Gasteiger partial charge in [0, 0.05) is 46.9 Å². The maximum Gasteiger partial charge on any atom is 0.338 e. The SMILES string of the molecule is COC(=O)CS(=O)(=O)N1CCC(C2=C(C(=O)OC)C(c3ccc(F)cc3Cl)N=C(c3nccs3)N2)CC1. The van der Waals surface area contributed by atoms with E-state index in [0.29, 0.717) is 34.9 Å². The summed E-state index contributed by atoms with van der Waals surface area (Å²) in [6, 6.07) is 2.95. The molecule has 1 saturated heterocycles. The molecule has 1 unspecified atom stereocenters. The van der Waals surface area contributed by atoms with Crippen molar-refractivity contribution in [1.82, 2.24) is 14.6 Å². The molecule has 1 fully saturated rings. The Morgan fingerprint density at radius 3 is 2.57 bits per heavy atom. The highest BCUT2D eigenvalue weighted by atomic mass is 35.5. The van der Waals surface area contributed by atoms with Gasteiger partial charge in [-0.05, 0) is 25.0 Å². The van der Waals surface area contributed by atoms with Crippen LogP contribution in [0.4, 0.5) is 4.39 Å². The average molecular weight is 571 g/mol. The molecule has 10 nitrogen and oxygen atoms in total. The Bertz CT molecular complexity index is 1360. The third kappa shape index (κ3) is 5.84. The fourth-order valence-corrected chi connectivity index (χ4v) is 6.56. The summed E-state index contributed by atoms with van der Waals surface area (Å²) in [5.41, 5.74) is 1.13. The zero-order chi connectivity index (χ0) is 26.7. The summed E-state index contributed by atoms with van der Waals surface area (Å²) in [6.07, 6.45) is 2.34. The molecule has 0 saturated carbocycles. The third-order valence-corrected chi connectivity index (χ3v) is 9.02. The number of nitrogens with one attached hydrogen (secondary N) is 1. The van der Waals surface area contributed by atoms with Crippen LogP contribution in [0.15, 0.2) is 46.0 Å². The van der Waals surface area contributed by atoms with E-state index >= 15 is 0 Å². The van der Waals surface area contributed by atoms with Crippen molar-refractivity contribution in [2.45, 2.75) is 18.9 Å². The maximum atomic E-state index is 13.8. The Hall–Kier alpha value is -2.87. The van der Waals surface area contributed by atoms with Gasteiger partial charge in [-0.2, -0.15) is 0 Å². The van der Waals surface area contributed by atoms with Gasteiger partial charge in [-0.25, -0.2) is 26.9 Å². The molecule has 1 atom stereocenters. The van der Waals surface area contributed by atoms with E-state index in [1.807, 2.05) is 0 Å². The minimum Gasteiger partial charge on any atom is -0.468 e. The van der Waals surface area contributed by atoms with Gasteiger partial charge < -0.3 is 14.8 Å². The van der Waals surface area contributed by atoms with Gasteiger partial charge in [0.05, 0.1) is 19.8 Å². The van der Waals surface area contributed by atoms with Crippen molar-refractivity contribution in [3.05, 3.63) is 62.5 Å². The Kier molecular flexibility index (Phi) is 8.26. The van der Waals surface area contributed by atoms with E-state index in [2.05, 4.69) is 15.0 Å². The van der Waals surface area contributed by atoms with Gasteiger partial charge in [0.2, 0.25) is 10.0 Å². The van der Waals surface area contributed by atoms with Crippen LogP contribution in [0.1, 0.15) is 29.5 Å². The van der Waals surface area contributed by atoms with Crippen LogP contribution in [0.3, 0.4) is 0 Å². The number of amidine groups is 1. The van der Waals surface area contributed by atoms with Crippen molar-refractivity contribution in [3.8, 4) is 0 Å². The standard InChI is InChI=1S/C23H24ClFN4O6S2/c1-34-17(30)12-37(32,33)29-8-5-13(6-9-29)19-18(23(31)35-2)20(15-4-3-14(25)11-16(15)24)28-21(27-19)22-26-7-10-36-22/h3-4,7,10-11,13,20H,5-6,8-9,12H2,1-2H3,(H,27,28). The number of sulfonamides is 1. The van der Waals surface area contributed by atoms with Gasteiger partial charge >= 0.3 is 11.9 Å². The predicted octanol–water partition coefficient (Wildman–Crippen LogP) is 2.67. The van der Waals surface area contributed by atoms with Gasteiger partial charge in [0.1, 0.15) is 11.9 Å². The number of hydrogen-bond donors (Lipinski definition) is 1. The highest BCUT2D eigenvalue weighted by molar-refractivity contribution is 7.89. The molecule has 3 heterocycles. The molecule has 1 N–H and O–H groups in total. The lowest BCUT2D eigenvalue weighted by Crippen LogP contribution is -2.44. The molecule has 2 aliphatic rings. The topological polar surface area (TPSA) is 127 Å². The first kappa shape index (κ1) is 27.2. The molecule has 14 heteroatoms. The van der Waals surface area contributed by atoms with E-state index < -0.39 is 39.6 Å². The zero-order valence-corrected chi connectivity index (χ0v) is 22.3. The smallest absolute Gasteiger partial charge is 0.338 e. The van der Waals surface area contributed by atoms with Crippen LogP contribution in [0.2, 0.25) is 5.02 Å². The lowest BCUT2D eigenvalue weighted by molar-refractivity contribution is -0.138. The normalized spacial score (nSPS) is 19.2. The van der Waals surface area contributed by atoms with Crippen LogP contribution in [0.5, 0.6) is 0 Å². The summed E-state index contributed by atoms with van der Waals surface area (Å²) in [5.74, 6) is -2.62. The van der Waals surface area contributed by atoms with Gasteiger partial charge in [0.15, 0.2) is 16.6 Å². The molecule has 0 radical (unpaired) electrons. The second kappa shape index (κ2) is 11.3. The number of nitrogens with zero attached hydrogens (tertiary/aromatic N) is 3. The van der Waals surface area contributed by atoms with Crippen molar-refractivity contribution in [2.24, 2.45) is 10.9 Å². The first-order chi connectivity index (χ1) is 17.6. The summed E-state index contributed by atoms with van der Waals surface area (Å²) in [4.78, 5) is 33.7. The molecular weight excluding hydrogens is 547 g/mol. The number of carbonyl (C=O) groups is 2. The number of allylic oxidation sites excluding steroid dienone is 1. The van der Waals surface area contributed by atoms with Gasteiger partial charge in [0.25, 0.3) is 0 Å². The number of thiazole rings is 1. The molecule has 2 aliphatic heterocycles. The van der Waals surface area contributed by atoms with Crippen LogP contribution < -0.4 is 5.32 Å². The summed E-state index contributed by atoms with van der Waals surface area (Å²) < 4.78 is 49.9. The molecular formula is C23H24ClFN4O6S2. The molecule has 1 aromatic heterocycles. The van der Waals surface area contributed by atoms with Crippen molar-refractivity contribution < 1.29 is 31.9 Å². The first-order valence-corrected chi connectivity index (χ1v) is 14.1. The minimum absolute atomic E-state index is 0.0959. The number of rotatable bonds is 7. The van der Waals surface area contributed by atoms with Crippen molar-refractivity contribution >= 4 is 50.7 Å². The summed E-state index contributed by atoms with van der Waals surface area (Å²) in [5, 5.41) is 5.68. The van der Waals surface area contributed by atoms with Gasteiger partial charge in [-0.1, -0.05) is 17.7 Å².